The molecule has 1 atom stereocenters. The molecule has 10 nitrogen and oxygen atoms in total. The molecule has 0 saturated carbocycles. The van der Waals surface area contributed by atoms with Crippen molar-refractivity contribution >= 4 is 29.3 Å². The number of rotatable bonds is 4. The van der Waals surface area contributed by atoms with E-state index in [1.54, 1.807) is 29.1 Å². The molecule has 4 amide bonds. The number of anilines is 1. The fourth-order valence-electron chi connectivity index (χ4n) is 4.29. The van der Waals surface area contributed by atoms with Crippen molar-refractivity contribution in [1.29, 1.82) is 0 Å². The molecule has 5 rings (SSSR count). The van der Waals surface area contributed by atoms with E-state index < -0.39 is 11.9 Å². The summed E-state index contributed by atoms with van der Waals surface area (Å²) in [4.78, 5) is 49.9. The summed E-state index contributed by atoms with van der Waals surface area (Å²) < 4.78 is 1.58. The summed E-state index contributed by atoms with van der Waals surface area (Å²) in [6, 6.07) is 11.9. The molecule has 0 radical (unpaired) electrons. The second-order valence-corrected chi connectivity index (χ2v) is 7.98. The van der Waals surface area contributed by atoms with Gasteiger partial charge in [0, 0.05) is 36.6 Å². The lowest BCUT2D eigenvalue weighted by Crippen LogP contribution is -2.52. The van der Waals surface area contributed by atoms with Crippen molar-refractivity contribution in [3.05, 3.63) is 59.8 Å². The summed E-state index contributed by atoms with van der Waals surface area (Å²) in [5.74, 6) is -1.22. The van der Waals surface area contributed by atoms with E-state index in [1.165, 1.54) is 11.8 Å². The highest BCUT2D eigenvalue weighted by atomic mass is 16.2. The molecule has 3 aromatic rings. The minimum Gasteiger partial charge on any atom is -0.326 e. The molecule has 2 aliphatic heterocycles. The number of aromatic nitrogens is 3. The maximum absolute atomic E-state index is 13.1. The molecule has 33 heavy (non-hydrogen) atoms. The van der Waals surface area contributed by atoms with E-state index in [1.807, 2.05) is 24.3 Å². The van der Waals surface area contributed by atoms with Gasteiger partial charge >= 0.3 is 0 Å². The molecule has 0 bridgehead atoms. The van der Waals surface area contributed by atoms with E-state index in [4.69, 9.17) is 0 Å². The van der Waals surface area contributed by atoms with Crippen molar-refractivity contribution in [3.8, 4) is 16.9 Å². The topological polar surface area (TPSA) is 126 Å². The Kier molecular flexibility index (Phi) is 4.97. The van der Waals surface area contributed by atoms with Crippen molar-refractivity contribution in [2.45, 2.75) is 32.4 Å². The Hall–Kier alpha value is -4.34. The molecule has 2 aliphatic rings. The molecule has 0 spiro atoms. The van der Waals surface area contributed by atoms with Gasteiger partial charge in [0.25, 0.3) is 5.91 Å². The van der Waals surface area contributed by atoms with Crippen molar-refractivity contribution < 1.29 is 19.2 Å². The molecule has 1 unspecified atom stereocenters. The number of benzene rings is 2. The lowest BCUT2D eigenvalue weighted by molar-refractivity contribution is -0.137. The van der Waals surface area contributed by atoms with Crippen LogP contribution in [0.15, 0.2) is 48.7 Å². The first-order valence-electron chi connectivity index (χ1n) is 10.5. The lowest BCUT2D eigenvalue weighted by Gasteiger charge is -2.29. The van der Waals surface area contributed by atoms with E-state index in [9.17, 15) is 19.2 Å². The Balaban J connectivity index is 1.47. The van der Waals surface area contributed by atoms with Crippen LogP contribution in [0.5, 0.6) is 0 Å². The maximum atomic E-state index is 13.1. The van der Waals surface area contributed by atoms with Gasteiger partial charge in [-0.3, -0.25) is 24.5 Å². The average Bonchev–Trinajstić information content (AvgIpc) is 3.39. The van der Waals surface area contributed by atoms with Gasteiger partial charge in [0.1, 0.15) is 11.7 Å². The first-order valence-corrected chi connectivity index (χ1v) is 10.5. The third-order valence-electron chi connectivity index (χ3n) is 5.81. The second kappa shape index (κ2) is 7.97. The molecule has 1 fully saturated rings. The molecule has 1 aromatic heterocycles. The van der Waals surface area contributed by atoms with Crippen LogP contribution in [0.3, 0.4) is 0 Å². The standard InChI is InChI=1S/C23H20N6O4/c1-13(30)24-17-7-3-2-5-15(17)18-12-29(27-26-18)19-8-4-6-14-16(19)11-28(23(14)33)20-9-10-21(31)25-22(20)32/h2-8,12,20H,9-11H2,1H3,(H,24,30)(H,25,31,32). The van der Waals surface area contributed by atoms with Crippen LogP contribution in [0.1, 0.15) is 35.7 Å². The van der Waals surface area contributed by atoms with Crippen LogP contribution in [0.2, 0.25) is 0 Å². The second-order valence-electron chi connectivity index (χ2n) is 7.98. The number of imide groups is 1. The molecule has 0 aliphatic carbocycles. The molecule has 2 aromatic carbocycles. The zero-order chi connectivity index (χ0) is 23.1. The summed E-state index contributed by atoms with van der Waals surface area (Å²) in [6.45, 7) is 1.67. The van der Waals surface area contributed by atoms with Gasteiger partial charge in [-0.05, 0) is 24.6 Å². The van der Waals surface area contributed by atoms with E-state index in [0.717, 1.165) is 5.56 Å². The zero-order valence-electron chi connectivity index (χ0n) is 17.7. The van der Waals surface area contributed by atoms with Gasteiger partial charge < -0.3 is 10.2 Å². The van der Waals surface area contributed by atoms with Gasteiger partial charge in [-0.1, -0.05) is 29.5 Å². The Morgan fingerprint density at radius 1 is 1.09 bits per heavy atom. The first-order chi connectivity index (χ1) is 15.9. The van der Waals surface area contributed by atoms with E-state index >= 15 is 0 Å². The molecule has 166 valence electrons. The van der Waals surface area contributed by atoms with Gasteiger partial charge in [0.05, 0.1) is 17.6 Å². The Morgan fingerprint density at radius 2 is 1.88 bits per heavy atom. The van der Waals surface area contributed by atoms with Crippen molar-refractivity contribution in [3.63, 3.8) is 0 Å². The number of carbonyl (C=O) groups is 4. The summed E-state index contributed by atoms with van der Waals surface area (Å²) in [6.07, 6.45) is 2.23. The number of nitrogens with zero attached hydrogens (tertiary/aromatic N) is 4. The normalized spacial score (nSPS) is 17.7. The number of amides is 4. The molecular formula is C23H20N6O4. The number of fused-ring (bicyclic) bond motifs is 1. The summed E-state index contributed by atoms with van der Waals surface area (Å²) in [5.41, 5.74) is 3.80. The van der Waals surface area contributed by atoms with E-state index in [2.05, 4.69) is 20.9 Å². The minimum atomic E-state index is -0.689. The number of piperidine rings is 1. The minimum absolute atomic E-state index is 0.192. The molecule has 1 saturated heterocycles. The monoisotopic (exact) mass is 444 g/mol. The highest BCUT2D eigenvalue weighted by Gasteiger charge is 2.40. The highest BCUT2D eigenvalue weighted by molar-refractivity contribution is 6.05. The summed E-state index contributed by atoms with van der Waals surface area (Å²) >= 11 is 0. The number of hydrogen-bond acceptors (Lipinski definition) is 6. The highest BCUT2D eigenvalue weighted by Crippen LogP contribution is 2.32. The fraction of sp³-hybridized carbons (Fsp3) is 0.217. The van der Waals surface area contributed by atoms with Gasteiger partial charge in [-0.2, -0.15) is 0 Å². The third-order valence-corrected chi connectivity index (χ3v) is 5.81. The van der Waals surface area contributed by atoms with Crippen LogP contribution in [-0.2, 0) is 20.9 Å². The van der Waals surface area contributed by atoms with Crippen LogP contribution in [-0.4, -0.2) is 49.6 Å². The molecule has 10 heteroatoms. The largest absolute Gasteiger partial charge is 0.326 e. The van der Waals surface area contributed by atoms with Gasteiger partial charge in [-0.25, -0.2) is 4.68 Å². The molecule has 3 heterocycles. The lowest BCUT2D eigenvalue weighted by atomic mass is 10.0. The maximum Gasteiger partial charge on any atom is 0.255 e. The van der Waals surface area contributed by atoms with Crippen LogP contribution >= 0.6 is 0 Å². The summed E-state index contributed by atoms with van der Waals surface area (Å²) in [5, 5.41) is 13.6. The van der Waals surface area contributed by atoms with E-state index in [0.29, 0.717) is 34.6 Å². The quantitative estimate of drug-likeness (QED) is 0.590. The summed E-state index contributed by atoms with van der Waals surface area (Å²) in [7, 11) is 0. The van der Waals surface area contributed by atoms with Gasteiger partial charge in [0.2, 0.25) is 17.7 Å². The van der Waals surface area contributed by atoms with Crippen LogP contribution in [0.25, 0.3) is 16.9 Å². The smallest absolute Gasteiger partial charge is 0.255 e. The molecular weight excluding hydrogens is 424 g/mol. The number of carbonyl (C=O) groups excluding carboxylic acids is 4. The zero-order valence-corrected chi connectivity index (χ0v) is 17.7. The Labute approximate surface area is 188 Å². The number of nitrogens with one attached hydrogen (secondary N) is 2. The van der Waals surface area contributed by atoms with Crippen LogP contribution in [0, 0.1) is 0 Å². The van der Waals surface area contributed by atoms with Crippen molar-refractivity contribution in [1.82, 2.24) is 25.2 Å². The third kappa shape index (κ3) is 3.65. The van der Waals surface area contributed by atoms with Crippen molar-refractivity contribution in [2.24, 2.45) is 0 Å². The van der Waals surface area contributed by atoms with E-state index in [-0.39, 0.29) is 30.7 Å². The number of para-hydroxylation sites is 1. The van der Waals surface area contributed by atoms with Gasteiger partial charge in [0.15, 0.2) is 0 Å². The first kappa shape index (κ1) is 20.6. The average molecular weight is 444 g/mol. The fourth-order valence-corrected chi connectivity index (χ4v) is 4.29. The van der Waals surface area contributed by atoms with Gasteiger partial charge in [-0.15, -0.1) is 5.10 Å². The van der Waals surface area contributed by atoms with Crippen LogP contribution in [0.4, 0.5) is 5.69 Å². The Bertz CT molecular complexity index is 1310. The van der Waals surface area contributed by atoms with Crippen molar-refractivity contribution in [2.75, 3.05) is 5.32 Å². The van der Waals surface area contributed by atoms with Crippen LogP contribution < -0.4 is 10.6 Å². The predicted molar refractivity (Wildman–Crippen MR) is 117 cm³/mol. The number of hydrogen-bond donors (Lipinski definition) is 2. The molecule has 2 N–H and O–H groups in total. The SMILES string of the molecule is CC(=O)Nc1ccccc1-c1cn(-c2cccc3c2CN(C2CCC(=O)NC2=O)C3=O)nn1. The Morgan fingerprint density at radius 3 is 2.67 bits per heavy atom. The predicted octanol–water partition coefficient (Wildman–Crippen LogP) is 1.65.